The Morgan fingerprint density at radius 2 is 0.654 bits per heavy atom. The highest BCUT2D eigenvalue weighted by Gasteiger charge is 1.97. The van der Waals surface area contributed by atoms with Crippen molar-refractivity contribution in [2.24, 2.45) is 11.5 Å². The summed E-state index contributed by atoms with van der Waals surface area (Å²) in [6.45, 7) is 6.42. The number of allylic oxidation sites excluding steroid dienone is 22. The average Bonchev–Trinajstić information content (AvgIpc) is 3.15. The summed E-state index contributed by atoms with van der Waals surface area (Å²) in [7, 11) is 0. The number of unbranched alkanes of at least 4 members (excludes halogenated alkanes) is 1. The molecule has 0 saturated heterocycles. The zero-order chi connectivity index (χ0) is 38.3. The molecule has 0 aromatic rings. The fourth-order valence-corrected chi connectivity index (χ4v) is 4.20. The van der Waals surface area contributed by atoms with Crippen molar-refractivity contribution in [3.8, 4) is 0 Å². The van der Waals surface area contributed by atoms with E-state index in [-0.39, 0.29) is 11.8 Å². The molecule has 0 aromatic carbocycles. The Bertz CT molecular complexity index is 1130. The summed E-state index contributed by atoms with van der Waals surface area (Å²) in [5.74, 6) is 0.165. The summed E-state index contributed by atoms with van der Waals surface area (Å²) >= 11 is 0. The van der Waals surface area contributed by atoms with E-state index in [9.17, 15) is 9.59 Å². The maximum Gasteiger partial charge on any atom is 0.220 e. The van der Waals surface area contributed by atoms with Gasteiger partial charge in [-0.05, 0) is 89.9 Å². The Labute approximate surface area is 319 Å². The molecule has 52 heavy (non-hydrogen) atoms. The number of hydrogen-bond acceptors (Lipinski definition) is 4. The topological polar surface area (TPSA) is 110 Å². The van der Waals surface area contributed by atoms with Gasteiger partial charge in [0.05, 0.1) is 0 Å². The molecule has 0 aliphatic rings. The van der Waals surface area contributed by atoms with Gasteiger partial charge >= 0.3 is 0 Å². The van der Waals surface area contributed by atoms with Crippen LogP contribution < -0.4 is 22.1 Å². The number of rotatable bonds is 31. The van der Waals surface area contributed by atoms with Gasteiger partial charge in [-0.15, -0.1) is 0 Å². The Morgan fingerprint density at radius 1 is 0.385 bits per heavy atom. The lowest BCUT2D eigenvalue weighted by atomic mass is 10.2. The summed E-state index contributed by atoms with van der Waals surface area (Å²) in [6.07, 6.45) is 62.8. The van der Waals surface area contributed by atoms with Crippen LogP contribution in [0.2, 0.25) is 0 Å². The van der Waals surface area contributed by atoms with Crippen LogP contribution in [0.25, 0.3) is 0 Å². The van der Waals surface area contributed by atoms with E-state index in [1.807, 2.05) is 0 Å². The third-order valence-electron chi connectivity index (χ3n) is 7.00. The predicted molar refractivity (Wildman–Crippen MR) is 230 cm³/mol. The molecule has 0 aliphatic carbocycles. The third-order valence-corrected chi connectivity index (χ3v) is 7.00. The molecule has 6 nitrogen and oxygen atoms in total. The highest BCUT2D eigenvalue weighted by molar-refractivity contribution is 5.76. The molecule has 2 amide bonds. The zero-order valence-electron chi connectivity index (χ0n) is 32.8. The molecule has 0 aromatic heterocycles. The minimum Gasteiger partial charge on any atom is -0.355 e. The Balaban J connectivity index is 0. The molecule has 290 valence electrons. The molecule has 0 bridgehead atoms. The van der Waals surface area contributed by atoms with Gasteiger partial charge in [0, 0.05) is 39.0 Å². The Kier molecular flexibility index (Phi) is 45.3. The van der Waals surface area contributed by atoms with Gasteiger partial charge in [0.2, 0.25) is 11.8 Å². The van der Waals surface area contributed by atoms with Gasteiger partial charge in [-0.2, -0.15) is 0 Å². The van der Waals surface area contributed by atoms with Gasteiger partial charge in [0.15, 0.2) is 0 Å². The van der Waals surface area contributed by atoms with Crippen LogP contribution in [0.4, 0.5) is 0 Å². The summed E-state index contributed by atoms with van der Waals surface area (Å²) in [6, 6.07) is 0. The lowest BCUT2D eigenvalue weighted by molar-refractivity contribution is -0.121. The fourth-order valence-electron chi connectivity index (χ4n) is 4.20. The SMILES string of the molecule is CC/C=C\C/C=C\C/C=C\C/C=C\C/C=C\C/C=C\CCC(=O)NCCN.CC/C=C\C/C=C\C/C=C\C/C=C\C/C=C\CCCC(=O)NCCN. The van der Waals surface area contributed by atoms with Gasteiger partial charge in [0.25, 0.3) is 0 Å². The van der Waals surface area contributed by atoms with E-state index in [0.29, 0.717) is 39.0 Å². The first-order valence-electron chi connectivity index (χ1n) is 19.7. The van der Waals surface area contributed by atoms with E-state index in [4.69, 9.17) is 11.5 Å². The number of nitrogens with one attached hydrogen (secondary N) is 2. The molecule has 0 rings (SSSR count). The lowest BCUT2D eigenvalue weighted by Crippen LogP contribution is -2.28. The molecule has 0 fully saturated rings. The molecule has 0 aliphatic heterocycles. The third kappa shape index (κ3) is 48.1. The van der Waals surface area contributed by atoms with Crippen LogP contribution >= 0.6 is 0 Å². The maximum absolute atomic E-state index is 11.4. The second-order valence-corrected chi connectivity index (χ2v) is 11.8. The first kappa shape index (κ1) is 50.1. The number of carbonyl (C=O) groups excluding carboxylic acids is 2. The number of hydrogen-bond donors (Lipinski definition) is 4. The van der Waals surface area contributed by atoms with Crippen molar-refractivity contribution >= 4 is 11.8 Å². The molecular formula is C46H74N4O2. The first-order chi connectivity index (χ1) is 25.6. The Hall–Kier alpha value is -4.00. The smallest absolute Gasteiger partial charge is 0.220 e. The highest BCUT2D eigenvalue weighted by Crippen LogP contribution is 2.00. The monoisotopic (exact) mass is 715 g/mol. The number of carbonyl (C=O) groups is 2. The van der Waals surface area contributed by atoms with E-state index >= 15 is 0 Å². The van der Waals surface area contributed by atoms with E-state index in [1.165, 1.54) is 0 Å². The van der Waals surface area contributed by atoms with E-state index in [0.717, 1.165) is 89.9 Å². The standard InChI is InChI=1S/C24H38N2O.C22H36N2O/c1-2-3-4-5-6-7-8-9-10-11-12-13-14-15-16-17-18-19-20-21-24(27)26-23-22-25;1-2-3-4-5-6-7-8-9-10-11-12-13-14-15-16-17-18-19-22(25)24-21-20-23/h3-4,6-7,9-10,12-13,15-16,18-19H,2,5,8,11,14,17,20-23,25H2,1H3,(H,26,27);3-4,6-7,9-10,12-13,15-16H,2,5,8,11,14,17-21,23H2,1H3,(H,24,25)/b4-3-,7-6-,10-9-,13-12-,16-15-,19-18-;4-3-,7-6-,10-9-,13-12-,16-15-. The van der Waals surface area contributed by atoms with Crippen molar-refractivity contribution < 1.29 is 9.59 Å². The van der Waals surface area contributed by atoms with Crippen LogP contribution in [0.15, 0.2) is 134 Å². The maximum atomic E-state index is 11.4. The lowest BCUT2D eigenvalue weighted by Gasteiger charge is -2.01. The van der Waals surface area contributed by atoms with Crippen molar-refractivity contribution in [2.45, 2.75) is 117 Å². The van der Waals surface area contributed by atoms with E-state index in [2.05, 4.69) is 158 Å². The molecule has 6 N–H and O–H groups in total. The zero-order valence-corrected chi connectivity index (χ0v) is 32.8. The van der Waals surface area contributed by atoms with Crippen LogP contribution in [0.3, 0.4) is 0 Å². The molecule has 0 heterocycles. The average molecular weight is 715 g/mol. The molecule has 0 unspecified atom stereocenters. The van der Waals surface area contributed by atoms with E-state index < -0.39 is 0 Å². The highest BCUT2D eigenvalue weighted by atomic mass is 16.2. The fraction of sp³-hybridized carbons (Fsp3) is 0.478. The van der Waals surface area contributed by atoms with Gasteiger partial charge < -0.3 is 22.1 Å². The Morgan fingerprint density at radius 3 is 0.962 bits per heavy atom. The summed E-state index contributed by atoms with van der Waals surface area (Å²) in [5.41, 5.74) is 10.7. The second-order valence-electron chi connectivity index (χ2n) is 11.8. The van der Waals surface area contributed by atoms with Crippen LogP contribution in [0.1, 0.15) is 117 Å². The molecular weight excluding hydrogens is 641 g/mol. The van der Waals surface area contributed by atoms with Gasteiger partial charge in [0.1, 0.15) is 0 Å². The van der Waals surface area contributed by atoms with Crippen LogP contribution in [0, 0.1) is 0 Å². The predicted octanol–water partition coefficient (Wildman–Crippen LogP) is 10.5. The summed E-state index contributed by atoms with van der Waals surface area (Å²) in [5, 5.41) is 5.54. The van der Waals surface area contributed by atoms with Gasteiger partial charge in [-0.1, -0.05) is 148 Å². The van der Waals surface area contributed by atoms with Gasteiger partial charge in [-0.25, -0.2) is 0 Å². The molecule has 0 atom stereocenters. The molecule has 0 radical (unpaired) electrons. The quantitative estimate of drug-likeness (QED) is 0.0423. The van der Waals surface area contributed by atoms with Crippen molar-refractivity contribution in [1.29, 1.82) is 0 Å². The molecule has 0 saturated carbocycles. The summed E-state index contributed by atoms with van der Waals surface area (Å²) in [4.78, 5) is 22.7. The number of nitrogens with two attached hydrogens (primary N) is 2. The van der Waals surface area contributed by atoms with Crippen LogP contribution in [-0.2, 0) is 9.59 Å². The number of amides is 2. The minimum atomic E-state index is 0.0694. The van der Waals surface area contributed by atoms with Crippen LogP contribution in [0.5, 0.6) is 0 Å². The van der Waals surface area contributed by atoms with Crippen molar-refractivity contribution in [3.05, 3.63) is 134 Å². The minimum absolute atomic E-state index is 0.0694. The van der Waals surface area contributed by atoms with Crippen LogP contribution in [-0.4, -0.2) is 38.0 Å². The normalized spacial score (nSPS) is 12.7. The molecule has 0 spiro atoms. The largest absolute Gasteiger partial charge is 0.355 e. The molecule has 6 heteroatoms. The summed E-state index contributed by atoms with van der Waals surface area (Å²) < 4.78 is 0. The van der Waals surface area contributed by atoms with E-state index in [1.54, 1.807) is 0 Å². The van der Waals surface area contributed by atoms with Crippen molar-refractivity contribution in [1.82, 2.24) is 10.6 Å². The van der Waals surface area contributed by atoms with Crippen molar-refractivity contribution in [3.63, 3.8) is 0 Å². The first-order valence-corrected chi connectivity index (χ1v) is 19.7. The van der Waals surface area contributed by atoms with Gasteiger partial charge in [-0.3, -0.25) is 9.59 Å². The van der Waals surface area contributed by atoms with Crippen molar-refractivity contribution in [2.75, 3.05) is 26.2 Å². The second kappa shape index (κ2) is 47.0.